The van der Waals surface area contributed by atoms with Gasteiger partial charge in [-0.15, -0.1) is 0 Å². The van der Waals surface area contributed by atoms with Gasteiger partial charge in [-0.05, 0) is 36.8 Å². The first kappa shape index (κ1) is 21.3. The number of aryl methyl sites for hydroxylation is 1. The number of ether oxygens (including phenoxy) is 3. The number of nitrogens with one attached hydrogen (secondary N) is 1. The van der Waals surface area contributed by atoms with Gasteiger partial charge in [0.05, 0.1) is 49.0 Å². The molecule has 8 nitrogen and oxygen atoms in total. The molecule has 0 aliphatic carbocycles. The minimum atomic E-state index is -0.295. The standard InChI is InChI=1S/C24H24N4O4/c1-15-18(24(29)26-19-7-5-6-8-21(19)32-4)13-25-23-22(20(14-30-2)27-28(15)23)16-9-11-17(31-3)12-10-16/h5-13H,14H2,1-4H3,(H,26,29). The number of para-hydroxylation sites is 2. The molecule has 0 aliphatic heterocycles. The third-order valence-corrected chi connectivity index (χ3v) is 5.22. The molecule has 2 heterocycles. The first-order valence-electron chi connectivity index (χ1n) is 10.0. The van der Waals surface area contributed by atoms with Gasteiger partial charge in [-0.1, -0.05) is 24.3 Å². The SMILES string of the molecule is COCc1nn2c(C)c(C(=O)Nc3ccccc3OC)cnc2c1-c1ccc(OC)cc1. The second-order valence-electron chi connectivity index (χ2n) is 7.13. The quantitative estimate of drug-likeness (QED) is 0.473. The molecule has 4 rings (SSSR count). The van der Waals surface area contributed by atoms with E-state index in [0.717, 1.165) is 22.6 Å². The van der Waals surface area contributed by atoms with E-state index in [1.54, 1.807) is 44.2 Å². The van der Waals surface area contributed by atoms with E-state index in [-0.39, 0.29) is 5.91 Å². The molecule has 0 aliphatic rings. The second-order valence-corrected chi connectivity index (χ2v) is 7.13. The Kier molecular flexibility index (Phi) is 6.04. The number of hydrogen-bond acceptors (Lipinski definition) is 6. The smallest absolute Gasteiger partial charge is 0.259 e. The molecule has 0 saturated heterocycles. The molecule has 4 aromatic rings. The fraction of sp³-hybridized carbons (Fsp3) is 0.208. The van der Waals surface area contributed by atoms with Crippen LogP contribution < -0.4 is 14.8 Å². The summed E-state index contributed by atoms with van der Waals surface area (Å²) in [4.78, 5) is 17.6. The lowest BCUT2D eigenvalue weighted by atomic mass is 10.1. The van der Waals surface area contributed by atoms with Crippen LogP contribution in [0, 0.1) is 6.92 Å². The van der Waals surface area contributed by atoms with Crippen molar-refractivity contribution >= 4 is 17.2 Å². The Hall–Kier alpha value is -3.91. The van der Waals surface area contributed by atoms with Crippen LogP contribution in [-0.4, -0.2) is 41.8 Å². The van der Waals surface area contributed by atoms with E-state index in [4.69, 9.17) is 19.3 Å². The first-order chi connectivity index (χ1) is 15.6. The van der Waals surface area contributed by atoms with Gasteiger partial charge in [-0.3, -0.25) is 4.79 Å². The lowest BCUT2D eigenvalue weighted by Gasteiger charge is -2.11. The molecular formula is C24H24N4O4. The summed E-state index contributed by atoms with van der Waals surface area (Å²) in [6.07, 6.45) is 1.57. The van der Waals surface area contributed by atoms with E-state index in [1.807, 2.05) is 43.3 Å². The van der Waals surface area contributed by atoms with Gasteiger partial charge in [0.25, 0.3) is 5.91 Å². The summed E-state index contributed by atoms with van der Waals surface area (Å²) < 4.78 is 17.6. The van der Waals surface area contributed by atoms with Crippen molar-refractivity contribution in [2.75, 3.05) is 26.6 Å². The number of aromatic nitrogens is 3. The third-order valence-electron chi connectivity index (χ3n) is 5.22. The summed E-state index contributed by atoms with van der Waals surface area (Å²) in [6, 6.07) is 14.9. The zero-order valence-corrected chi connectivity index (χ0v) is 18.4. The molecule has 1 amide bonds. The van der Waals surface area contributed by atoms with Crippen LogP contribution >= 0.6 is 0 Å². The molecular weight excluding hydrogens is 408 g/mol. The highest BCUT2D eigenvalue weighted by atomic mass is 16.5. The van der Waals surface area contributed by atoms with Gasteiger partial charge < -0.3 is 19.5 Å². The lowest BCUT2D eigenvalue weighted by Crippen LogP contribution is -2.16. The molecule has 0 spiro atoms. The Bertz CT molecular complexity index is 1270. The van der Waals surface area contributed by atoms with Gasteiger partial charge in [-0.25, -0.2) is 9.50 Å². The number of carbonyl (C=O) groups is 1. The molecule has 32 heavy (non-hydrogen) atoms. The van der Waals surface area contributed by atoms with E-state index >= 15 is 0 Å². The Labute approximate surface area is 185 Å². The summed E-state index contributed by atoms with van der Waals surface area (Å²) in [5.74, 6) is 1.05. The Morgan fingerprint density at radius 2 is 1.78 bits per heavy atom. The van der Waals surface area contributed by atoms with Crippen molar-refractivity contribution in [1.82, 2.24) is 14.6 Å². The minimum Gasteiger partial charge on any atom is -0.497 e. The predicted octanol–water partition coefficient (Wildman–Crippen LogP) is 4.12. The van der Waals surface area contributed by atoms with E-state index in [9.17, 15) is 4.79 Å². The van der Waals surface area contributed by atoms with Gasteiger partial charge in [0.15, 0.2) is 5.65 Å². The molecule has 8 heteroatoms. The van der Waals surface area contributed by atoms with Crippen molar-refractivity contribution < 1.29 is 19.0 Å². The first-order valence-corrected chi connectivity index (χ1v) is 10.0. The third kappa shape index (κ3) is 3.88. The van der Waals surface area contributed by atoms with E-state index in [1.165, 1.54) is 0 Å². The number of benzene rings is 2. The maximum atomic E-state index is 13.0. The Morgan fingerprint density at radius 1 is 1.03 bits per heavy atom. The number of rotatable bonds is 7. The van der Waals surface area contributed by atoms with Crippen molar-refractivity contribution in [3.8, 4) is 22.6 Å². The summed E-state index contributed by atoms with van der Waals surface area (Å²) >= 11 is 0. The zero-order valence-electron chi connectivity index (χ0n) is 18.4. The molecule has 0 radical (unpaired) electrons. The van der Waals surface area contributed by atoms with Crippen LogP contribution in [0.25, 0.3) is 16.8 Å². The molecule has 2 aromatic heterocycles. The molecule has 0 saturated carbocycles. The van der Waals surface area contributed by atoms with E-state index < -0.39 is 0 Å². The van der Waals surface area contributed by atoms with Crippen LogP contribution in [0.1, 0.15) is 21.7 Å². The summed E-state index contributed by atoms with van der Waals surface area (Å²) in [5.41, 5.74) is 4.83. The highest BCUT2D eigenvalue weighted by molar-refractivity contribution is 6.05. The van der Waals surface area contributed by atoms with Crippen molar-refractivity contribution in [2.24, 2.45) is 0 Å². The second kappa shape index (κ2) is 9.07. The number of fused-ring (bicyclic) bond motifs is 1. The highest BCUT2D eigenvalue weighted by Crippen LogP contribution is 2.31. The molecule has 0 bridgehead atoms. The summed E-state index contributed by atoms with van der Waals surface area (Å²) in [5, 5.41) is 7.59. The summed E-state index contributed by atoms with van der Waals surface area (Å²) in [6.45, 7) is 2.15. The van der Waals surface area contributed by atoms with Crippen molar-refractivity contribution in [2.45, 2.75) is 13.5 Å². The van der Waals surface area contributed by atoms with Crippen LogP contribution in [-0.2, 0) is 11.3 Å². The molecule has 0 fully saturated rings. The number of hydrogen-bond donors (Lipinski definition) is 1. The molecule has 0 atom stereocenters. The number of carbonyl (C=O) groups excluding carboxylic acids is 1. The zero-order chi connectivity index (χ0) is 22.7. The Balaban J connectivity index is 1.77. The normalized spacial score (nSPS) is 10.9. The van der Waals surface area contributed by atoms with Crippen LogP contribution in [0.5, 0.6) is 11.5 Å². The van der Waals surface area contributed by atoms with Crippen LogP contribution in [0.2, 0.25) is 0 Å². The number of amides is 1. The average Bonchev–Trinajstić information content (AvgIpc) is 3.19. The van der Waals surface area contributed by atoms with Crippen LogP contribution in [0.4, 0.5) is 5.69 Å². The monoisotopic (exact) mass is 432 g/mol. The highest BCUT2D eigenvalue weighted by Gasteiger charge is 2.21. The summed E-state index contributed by atoms with van der Waals surface area (Å²) in [7, 11) is 4.81. The molecule has 2 aromatic carbocycles. The Morgan fingerprint density at radius 3 is 2.47 bits per heavy atom. The molecule has 164 valence electrons. The number of nitrogens with zero attached hydrogens (tertiary/aromatic N) is 3. The van der Waals surface area contributed by atoms with Gasteiger partial charge >= 0.3 is 0 Å². The van der Waals surface area contributed by atoms with Crippen LogP contribution in [0.15, 0.2) is 54.7 Å². The maximum Gasteiger partial charge on any atom is 0.259 e. The molecule has 1 N–H and O–H groups in total. The predicted molar refractivity (Wildman–Crippen MR) is 121 cm³/mol. The molecule has 0 unspecified atom stereocenters. The fourth-order valence-corrected chi connectivity index (χ4v) is 3.59. The largest absolute Gasteiger partial charge is 0.497 e. The van der Waals surface area contributed by atoms with Gasteiger partial charge in [0.2, 0.25) is 0 Å². The van der Waals surface area contributed by atoms with E-state index in [0.29, 0.717) is 34.9 Å². The lowest BCUT2D eigenvalue weighted by molar-refractivity contribution is 0.102. The van der Waals surface area contributed by atoms with E-state index in [2.05, 4.69) is 10.3 Å². The topological polar surface area (TPSA) is 87.0 Å². The van der Waals surface area contributed by atoms with Gasteiger partial charge in [0.1, 0.15) is 11.5 Å². The number of methoxy groups -OCH3 is 3. The van der Waals surface area contributed by atoms with Crippen molar-refractivity contribution in [3.63, 3.8) is 0 Å². The minimum absolute atomic E-state index is 0.295. The number of anilines is 1. The van der Waals surface area contributed by atoms with Crippen molar-refractivity contribution in [3.05, 3.63) is 71.7 Å². The fourth-order valence-electron chi connectivity index (χ4n) is 3.59. The maximum absolute atomic E-state index is 13.0. The van der Waals surface area contributed by atoms with Crippen molar-refractivity contribution in [1.29, 1.82) is 0 Å². The van der Waals surface area contributed by atoms with Gasteiger partial charge in [-0.2, -0.15) is 5.10 Å². The van der Waals surface area contributed by atoms with Crippen LogP contribution in [0.3, 0.4) is 0 Å². The van der Waals surface area contributed by atoms with Gasteiger partial charge in [0, 0.05) is 13.3 Å². The average molecular weight is 432 g/mol.